The fourth-order valence-electron chi connectivity index (χ4n) is 2.57. The number of nitrogens with one attached hydrogen (secondary N) is 2. The van der Waals surface area contributed by atoms with Gasteiger partial charge in [0.2, 0.25) is 11.8 Å². The third-order valence-corrected chi connectivity index (χ3v) is 4.02. The number of carbonyl (C=O) groups excluding carboxylic acids is 2. The molecule has 0 saturated heterocycles. The van der Waals surface area contributed by atoms with Crippen LogP contribution in [-0.2, 0) is 16.1 Å². The smallest absolute Gasteiger partial charge is 0.228 e. The quantitative estimate of drug-likeness (QED) is 0.851. The summed E-state index contributed by atoms with van der Waals surface area (Å²) < 4.78 is 5.21. The van der Waals surface area contributed by atoms with Crippen molar-refractivity contribution in [2.45, 2.75) is 13.0 Å². The van der Waals surface area contributed by atoms with Gasteiger partial charge in [0.05, 0.1) is 24.6 Å². The van der Waals surface area contributed by atoms with E-state index in [1.165, 1.54) is 0 Å². The highest BCUT2D eigenvalue weighted by Gasteiger charge is 2.48. The van der Waals surface area contributed by atoms with E-state index in [1.54, 1.807) is 31.6 Å². The van der Waals surface area contributed by atoms with Crippen molar-refractivity contribution in [3.05, 3.63) is 54.4 Å². The van der Waals surface area contributed by atoms with Crippen LogP contribution in [0.15, 0.2) is 48.8 Å². The summed E-state index contributed by atoms with van der Waals surface area (Å²) in [4.78, 5) is 28.4. The summed E-state index contributed by atoms with van der Waals surface area (Å²) in [6, 6.07) is 10.9. The van der Waals surface area contributed by atoms with Crippen molar-refractivity contribution in [1.82, 2.24) is 10.3 Å². The van der Waals surface area contributed by atoms with E-state index in [0.29, 0.717) is 24.4 Å². The first kappa shape index (κ1) is 16.0. The topological polar surface area (TPSA) is 80.3 Å². The van der Waals surface area contributed by atoms with Gasteiger partial charge in [-0.2, -0.15) is 0 Å². The monoisotopic (exact) mass is 325 g/mol. The lowest BCUT2D eigenvalue weighted by Crippen LogP contribution is -2.27. The summed E-state index contributed by atoms with van der Waals surface area (Å²) in [5.41, 5.74) is 1.55. The zero-order valence-electron chi connectivity index (χ0n) is 13.4. The van der Waals surface area contributed by atoms with Crippen LogP contribution in [0.3, 0.4) is 0 Å². The van der Waals surface area contributed by atoms with E-state index < -0.39 is 0 Å². The van der Waals surface area contributed by atoms with E-state index in [2.05, 4.69) is 15.6 Å². The van der Waals surface area contributed by atoms with E-state index >= 15 is 0 Å². The molecule has 3 rings (SSSR count). The molecule has 1 saturated carbocycles. The van der Waals surface area contributed by atoms with Gasteiger partial charge in [0.1, 0.15) is 5.75 Å². The van der Waals surface area contributed by atoms with Crippen LogP contribution in [0.2, 0.25) is 0 Å². The molecule has 24 heavy (non-hydrogen) atoms. The molecule has 0 aliphatic heterocycles. The van der Waals surface area contributed by atoms with Gasteiger partial charge in [-0.1, -0.05) is 18.2 Å². The molecule has 1 heterocycles. The zero-order valence-corrected chi connectivity index (χ0v) is 13.4. The average Bonchev–Trinajstić information content (AvgIpc) is 3.42. The molecule has 2 aromatic rings. The molecule has 1 aliphatic carbocycles. The van der Waals surface area contributed by atoms with Gasteiger partial charge in [0.25, 0.3) is 0 Å². The maximum Gasteiger partial charge on any atom is 0.228 e. The molecule has 2 N–H and O–H groups in total. The Hall–Kier alpha value is -2.89. The third-order valence-electron chi connectivity index (χ3n) is 4.02. The number of para-hydroxylation sites is 2. The fraction of sp³-hybridized carbons (Fsp3) is 0.278. The summed E-state index contributed by atoms with van der Waals surface area (Å²) >= 11 is 0. The molecular weight excluding hydrogens is 306 g/mol. The average molecular weight is 325 g/mol. The first-order valence-electron chi connectivity index (χ1n) is 7.79. The van der Waals surface area contributed by atoms with Gasteiger partial charge in [0.15, 0.2) is 0 Å². The number of aromatic nitrogens is 1. The van der Waals surface area contributed by atoms with Crippen LogP contribution in [-0.4, -0.2) is 23.9 Å². The normalized spacial score (nSPS) is 18.5. The molecule has 0 radical (unpaired) electrons. The van der Waals surface area contributed by atoms with Gasteiger partial charge in [-0.05, 0) is 30.2 Å². The summed E-state index contributed by atoms with van der Waals surface area (Å²) in [7, 11) is 1.55. The van der Waals surface area contributed by atoms with Crippen molar-refractivity contribution in [1.29, 1.82) is 0 Å². The Balaban J connectivity index is 1.51. The molecule has 2 amide bonds. The predicted octanol–water partition coefficient (Wildman–Crippen LogP) is 1.98. The standard InChI is InChI=1S/C18H19N3O3/c1-24-16-7-3-2-6-15(16)21-18(23)14-9-13(14)17(22)20-11-12-5-4-8-19-10-12/h2-8,10,13-14H,9,11H2,1H3,(H,20,22)(H,21,23). The van der Waals surface area contributed by atoms with Crippen LogP contribution in [0, 0.1) is 11.8 Å². The summed E-state index contributed by atoms with van der Waals surface area (Å²) in [5.74, 6) is -0.204. The van der Waals surface area contributed by atoms with E-state index in [1.807, 2.05) is 24.3 Å². The number of hydrogen-bond donors (Lipinski definition) is 2. The molecule has 0 bridgehead atoms. The van der Waals surface area contributed by atoms with E-state index in [0.717, 1.165) is 5.56 Å². The molecule has 2 atom stereocenters. The van der Waals surface area contributed by atoms with Gasteiger partial charge in [-0.3, -0.25) is 14.6 Å². The maximum absolute atomic E-state index is 12.3. The number of carbonyl (C=O) groups is 2. The molecule has 0 spiro atoms. The van der Waals surface area contributed by atoms with Crippen LogP contribution in [0.5, 0.6) is 5.75 Å². The Bertz CT molecular complexity index is 733. The number of methoxy groups -OCH3 is 1. The number of nitrogens with zero attached hydrogens (tertiary/aromatic N) is 1. The fourth-order valence-corrected chi connectivity index (χ4v) is 2.57. The van der Waals surface area contributed by atoms with Crippen molar-refractivity contribution < 1.29 is 14.3 Å². The van der Waals surface area contributed by atoms with Gasteiger partial charge in [-0.15, -0.1) is 0 Å². The highest BCUT2D eigenvalue weighted by atomic mass is 16.5. The first-order chi connectivity index (χ1) is 11.7. The maximum atomic E-state index is 12.3. The van der Waals surface area contributed by atoms with E-state index in [4.69, 9.17) is 4.74 Å². The van der Waals surface area contributed by atoms with E-state index in [9.17, 15) is 9.59 Å². The summed E-state index contributed by atoms with van der Waals surface area (Å²) in [6.07, 6.45) is 3.96. The molecule has 6 nitrogen and oxygen atoms in total. The molecule has 6 heteroatoms. The van der Waals surface area contributed by atoms with Crippen molar-refractivity contribution in [2.24, 2.45) is 11.8 Å². The minimum Gasteiger partial charge on any atom is -0.495 e. The minimum absolute atomic E-state index is 0.0981. The van der Waals surface area contributed by atoms with Gasteiger partial charge in [-0.25, -0.2) is 0 Å². The largest absolute Gasteiger partial charge is 0.495 e. The predicted molar refractivity (Wildman–Crippen MR) is 89.3 cm³/mol. The van der Waals surface area contributed by atoms with Gasteiger partial charge in [0, 0.05) is 18.9 Å². The molecule has 1 aliphatic rings. The molecular formula is C18H19N3O3. The Morgan fingerprint density at radius 2 is 1.96 bits per heavy atom. The Morgan fingerprint density at radius 3 is 2.71 bits per heavy atom. The number of anilines is 1. The minimum atomic E-state index is -0.288. The molecule has 124 valence electrons. The van der Waals surface area contributed by atoms with Gasteiger partial charge < -0.3 is 15.4 Å². The number of benzene rings is 1. The zero-order chi connectivity index (χ0) is 16.9. The van der Waals surface area contributed by atoms with Crippen LogP contribution in [0.4, 0.5) is 5.69 Å². The van der Waals surface area contributed by atoms with Crippen LogP contribution in [0.1, 0.15) is 12.0 Å². The number of amides is 2. The van der Waals surface area contributed by atoms with Crippen LogP contribution >= 0.6 is 0 Å². The van der Waals surface area contributed by atoms with Crippen LogP contribution < -0.4 is 15.4 Å². The second-order valence-corrected chi connectivity index (χ2v) is 5.72. The summed E-state index contributed by atoms with van der Waals surface area (Å²) in [6.45, 7) is 0.421. The van der Waals surface area contributed by atoms with E-state index in [-0.39, 0.29) is 23.7 Å². The highest BCUT2D eigenvalue weighted by Crippen LogP contribution is 2.40. The lowest BCUT2D eigenvalue weighted by molar-refractivity contribution is -0.125. The van der Waals surface area contributed by atoms with Crippen molar-refractivity contribution in [2.75, 3.05) is 12.4 Å². The molecule has 1 aromatic carbocycles. The lowest BCUT2D eigenvalue weighted by Gasteiger charge is -2.09. The lowest BCUT2D eigenvalue weighted by atomic mass is 10.2. The number of pyridine rings is 1. The van der Waals surface area contributed by atoms with Crippen molar-refractivity contribution in [3.63, 3.8) is 0 Å². The third kappa shape index (κ3) is 3.71. The SMILES string of the molecule is COc1ccccc1NC(=O)C1CC1C(=O)NCc1cccnc1. The summed E-state index contributed by atoms with van der Waals surface area (Å²) in [5, 5.41) is 5.68. The molecule has 1 fully saturated rings. The van der Waals surface area contributed by atoms with Crippen LogP contribution in [0.25, 0.3) is 0 Å². The Morgan fingerprint density at radius 1 is 1.17 bits per heavy atom. The number of rotatable bonds is 6. The second-order valence-electron chi connectivity index (χ2n) is 5.72. The number of ether oxygens (including phenoxy) is 1. The second kappa shape index (κ2) is 7.12. The van der Waals surface area contributed by atoms with Crippen molar-refractivity contribution >= 4 is 17.5 Å². The number of hydrogen-bond acceptors (Lipinski definition) is 4. The first-order valence-corrected chi connectivity index (χ1v) is 7.79. The highest BCUT2D eigenvalue weighted by molar-refractivity contribution is 6.00. The van der Waals surface area contributed by atoms with Crippen molar-refractivity contribution in [3.8, 4) is 5.75 Å². The molecule has 1 aromatic heterocycles. The Labute approximate surface area is 140 Å². The molecule has 2 unspecified atom stereocenters. The Kier molecular flexibility index (Phi) is 4.74. The van der Waals surface area contributed by atoms with Gasteiger partial charge >= 0.3 is 0 Å².